The molecule has 0 amide bonds. The number of rotatable bonds is 6. The Morgan fingerprint density at radius 3 is 2.85 bits per heavy atom. The van der Waals surface area contributed by atoms with E-state index in [1.165, 1.54) is 19.4 Å². The minimum Gasteiger partial charge on any atom is -0.309 e. The van der Waals surface area contributed by atoms with E-state index in [4.69, 9.17) is 0 Å². The van der Waals surface area contributed by atoms with Crippen molar-refractivity contribution in [3.63, 3.8) is 0 Å². The van der Waals surface area contributed by atoms with Gasteiger partial charge in [-0.2, -0.15) is 0 Å². The van der Waals surface area contributed by atoms with Gasteiger partial charge in [-0.3, -0.25) is 9.58 Å². The van der Waals surface area contributed by atoms with Crippen LogP contribution in [0.3, 0.4) is 0 Å². The first-order valence-corrected chi connectivity index (χ1v) is 7.91. The average Bonchev–Trinajstić information content (AvgIpc) is 2.83. The topological polar surface area (TPSA) is 46.0 Å². The second-order valence-electron chi connectivity index (χ2n) is 6.52. The molecule has 0 aromatic carbocycles. The summed E-state index contributed by atoms with van der Waals surface area (Å²) in [7, 11) is 0. The highest BCUT2D eigenvalue weighted by Gasteiger charge is 2.22. The minimum absolute atomic E-state index is 0.483. The average molecular weight is 279 g/mol. The molecule has 1 fully saturated rings. The van der Waals surface area contributed by atoms with Gasteiger partial charge in [-0.1, -0.05) is 26.0 Å². The molecule has 2 rings (SSSR count). The summed E-state index contributed by atoms with van der Waals surface area (Å²) in [6.45, 7) is 13.0. The second kappa shape index (κ2) is 7.18. The van der Waals surface area contributed by atoms with E-state index in [1.807, 2.05) is 4.68 Å². The highest BCUT2D eigenvalue weighted by atomic mass is 15.4. The van der Waals surface area contributed by atoms with Gasteiger partial charge in [0.05, 0.1) is 12.2 Å². The predicted octanol–water partition coefficient (Wildman–Crippen LogP) is 1.90. The first-order valence-electron chi connectivity index (χ1n) is 7.91. The molecule has 0 aliphatic carbocycles. The first kappa shape index (κ1) is 15.4. The van der Waals surface area contributed by atoms with Crippen molar-refractivity contribution in [3.8, 4) is 0 Å². The van der Waals surface area contributed by atoms with E-state index in [0.717, 1.165) is 31.2 Å². The Hall–Kier alpha value is -0.940. The van der Waals surface area contributed by atoms with Crippen molar-refractivity contribution in [1.29, 1.82) is 0 Å². The van der Waals surface area contributed by atoms with E-state index in [0.29, 0.717) is 12.1 Å². The minimum atomic E-state index is 0.483. The van der Waals surface area contributed by atoms with Crippen molar-refractivity contribution in [1.82, 2.24) is 25.2 Å². The fraction of sp³-hybridized carbons (Fsp3) is 0.867. The predicted molar refractivity (Wildman–Crippen MR) is 81.4 cm³/mol. The van der Waals surface area contributed by atoms with Gasteiger partial charge < -0.3 is 5.32 Å². The lowest BCUT2D eigenvalue weighted by atomic mass is 9.93. The lowest BCUT2D eigenvalue weighted by molar-refractivity contribution is 0.123. The zero-order valence-electron chi connectivity index (χ0n) is 13.3. The molecule has 0 saturated carbocycles. The molecule has 1 aliphatic heterocycles. The molecule has 20 heavy (non-hydrogen) atoms. The van der Waals surface area contributed by atoms with E-state index in [9.17, 15) is 0 Å². The zero-order valence-corrected chi connectivity index (χ0v) is 13.3. The number of nitrogens with one attached hydrogen (secondary N) is 1. The van der Waals surface area contributed by atoms with Gasteiger partial charge in [0.1, 0.15) is 0 Å². The Morgan fingerprint density at radius 2 is 2.15 bits per heavy atom. The van der Waals surface area contributed by atoms with Crippen LogP contribution in [0.5, 0.6) is 0 Å². The molecule has 114 valence electrons. The largest absolute Gasteiger partial charge is 0.309 e. The van der Waals surface area contributed by atoms with E-state index in [1.54, 1.807) is 0 Å². The quantitative estimate of drug-likeness (QED) is 0.864. The highest BCUT2D eigenvalue weighted by molar-refractivity contribution is 4.92. The molecule has 2 atom stereocenters. The molecule has 2 unspecified atom stereocenters. The lowest BCUT2D eigenvalue weighted by Gasteiger charge is -2.36. The van der Waals surface area contributed by atoms with Crippen LogP contribution < -0.4 is 5.32 Å². The summed E-state index contributed by atoms with van der Waals surface area (Å²) in [6.07, 6.45) is 4.71. The number of hydrogen-bond donors (Lipinski definition) is 1. The van der Waals surface area contributed by atoms with E-state index in [-0.39, 0.29) is 0 Å². The van der Waals surface area contributed by atoms with Crippen LogP contribution in [0.4, 0.5) is 0 Å². The summed E-state index contributed by atoms with van der Waals surface area (Å²) in [6, 6.07) is 1.18. The van der Waals surface area contributed by atoms with Gasteiger partial charge in [0.2, 0.25) is 0 Å². The third-order valence-electron chi connectivity index (χ3n) is 4.17. The summed E-state index contributed by atoms with van der Waals surface area (Å²) in [5.74, 6) is 0.876. The molecule has 1 aliphatic rings. The molecule has 1 aromatic heterocycles. The van der Waals surface area contributed by atoms with Crippen molar-refractivity contribution in [2.24, 2.45) is 5.92 Å². The summed E-state index contributed by atoms with van der Waals surface area (Å²) < 4.78 is 1.97. The molecule has 5 heteroatoms. The van der Waals surface area contributed by atoms with Crippen LogP contribution >= 0.6 is 0 Å². The second-order valence-corrected chi connectivity index (χ2v) is 6.52. The Balaban J connectivity index is 1.76. The van der Waals surface area contributed by atoms with Crippen LogP contribution in [0.1, 0.15) is 46.2 Å². The molecule has 2 heterocycles. The summed E-state index contributed by atoms with van der Waals surface area (Å²) in [5.41, 5.74) is 1.03. The van der Waals surface area contributed by atoms with Gasteiger partial charge >= 0.3 is 0 Å². The van der Waals surface area contributed by atoms with Crippen LogP contribution in [0, 0.1) is 5.92 Å². The highest BCUT2D eigenvalue weighted by Crippen LogP contribution is 2.21. The molecular formula is C15H29N5. The lowest BCUT2D eigenvalue weighted by Crippen LogP contribution is -2.41. The molecule has 1 saturated heterocycles. The SMILES string of the molecule is CC1CCN(CCn2cc(CNC(C)C)nn2)C(C)C1. The van der Waals surface area contributed by atoms with E-state index >= 15 is 0 Å². The van der Waals surface area contributed by atoms with Gasteiger partial charge in [-0.15, -0.1) is 5.10 Å². The van der Waals surface area contributed by atoms with Crippen LogP contribution in [0.2, 0.25) is 0 Å². The Kier molecular flexibility index (Phi) is 5.54. The van der Waals surface area contributed by atoms with Crippen molar-refractivity contribution in [2.45, 2.75) is 65.7 Å². The van der Waals surface area contributed by atoms with Crippen molar-refractivity contribution in [3.05, 3.63) is 11.9 Å². The van der Waals surface area contributed by atoms with Crippen LogP contribution in [-0.2, 0) is 13.1 Å². The van der Waals surface area contributed by atoms with Crippen molar-refractivity contribution in [2.75, 3.05) is 13.1 Å². The van der Waals surface area contributed by atoms with Crippen LogP contribution in [-0.4, -0.2) is 45.1 Å². The van der Waals surface area contributed by atoms with Gasteiger partial charge in [0.15, 0.2) is 0 Å². The fourth-order valence-corrected chi connectivity index (χ4v) is 2.86. The third kappa shape index (κ3) is 4.56. The number of hydrogen-bond acceptors (Lipinski definition) is 4. The van der Waals surface area contributed by atoms with Crippen molar-refractivity contribution >= 4 is 0 Å². The maximum absolute atomic E-state index is 4.22. The van der Waals surface area contributed by atoms with Gasteiger partial charge in [0, 0.05) is 31.4 Å². The Labute approximate surface area is 122 Å². The van der Waals surface area contributed by atoms with Crippen LogP contribution in [0.15, 0.2) is 6.20 Å². The number of aromatic nitrogens is 3. The zero-order chi connectivity index (χ0) is 14.5. The summed E-state index contributed by atoms with van der Waals surface area (Å²) >= 11 is 0. The van der Waals surface area contributed by atoms with E-state index in [2.05, 4.69) is 54.4 Å². The normalized spacial score (nSPS) is 24.4. The molecule has 1 aromatic rings. The molecule has 0 radical (unpaired) electrons. The summed E-state index contributed by atoms with van der Waals surface area (Å²) in [4.78, 5) is 2.58. The Morgan fingerprint density at radius 1 is 1.35 bits per heavy atom. The maximum Gasteiger partial charge on any atom is 0.0964 e. The Bertz CT molecular complexity index is 401. The first-order chi connectivity index (χ1) is 9.54. The van der Waals surface area contributed by atoms with Crippen molar-refractivity contribution < 1.29 is 0 Å². The molecule has 5 nitrogen and oxygen atoms in total. The fourth-order valence-electron chi connectivity index (χ4n) is 2.86. The van der Waals surface area contributed by atoms with Crippen LogP contribution in [0.25, 0.3) is 0 Å². The van der Waals surface area contributed by atoms with Gasteiger partial charge in [-0.05, 0) is 32.2 Å². The number of likely N-dealkylation sites (tertiary alicyclic amines) is 1. The molecular weight excluding hydrogens is 250 g/mol. The van der Waals surface area contributed by atoms with Gasteiger partial charge in [-0.25, -0.2) is 0 Å². The molecule has 0 spiro atoms. The number of nitrogens with zero attached hydrogens (tertiary/aromatic N) is 4. The smallest absolute Gasteiger partial charge is 0.0964 e. The van der Waals surface area contributed by atoms with E-state index < -0.39 is 0 Å². The molecule has 1 N–H and O–H groups in total. The standard InChI is InChI=1S/C15H29N5/c1-12(2)16-10-15-11-20(18-17-15)8-7-19-6-5-13(3)9-14(19)4/h11-14,16H,5-10H2,1-4H3. The number of piperidine rings is 1. The summed E-state index contributed by atoms with van der Waals surface area (Å²) in [5, 5.41) is 11.8. The van der Waals surface area contributed by atoms with Gasteiger partial charge in [0.25, 0.3) is 0 Å². The maximum atomic E-state index is 4.22. The third-order valence-corrected chi connectivity index (χ3v) is 4.17. The molecule has 0 bridgehead atoms. The monoisotopic (exact) mass is 279 g/mol.